The van der Waals surface area contributed by atoms with Gasteiger partial charge in [-0.05, 0) is 12.1 Å². The van der Waals surface area contributed by atoms with Gasteiger partial charge in [-0.3, -0.25) is 4.79 Å². The average molecular weight is 300 g/mol. The van der Waals surface area contributed by atoms with Gasteiger partial charge in [0.15, 0.2) is 0 Å². The number of methoxy groups -OCH3 is 1. The highest BCUT2D eigenvalue weighted by Gasteiger charge is 2.08. The molecule has 0 aromatic heterocycles. The van der Waals surface area contributed by atoms with Crippen LogP contribution in [-0.2, 0) is 4.74 Å². The second-order valence-electron chi connectivity index (χ2n) is 3.91. The molecule has 3 N–H and O–H groups in total. The first-order chi connectivity index (χ1) is 9.65. The minimum Gasteiger partial charge on any atom is -0.383 e. The lowest BCUT2D eigenvalue weighted by Crippen LogP contribution is -2.41. The van der Waals surface area contributed by atoms with E-state index in [1.54, 1.807) is 31.4 Å². The summed E-state index contributed by atoms with van der Waals surface area (Å²) in [6.07, 6.45) is 0. The standard InChI is InChI=1S/C13H18ClN3O3/c1-20-9-8-17-13(19)16-7-6-15-12(18)10-4-2-3-5-11(10)14/h2-5H,6-9H2,1H3,(H,15,18)(H2,16,17,19). The maximum atomic E-state index is 11.8. The molecule has 0 unspecified atom stereocenters. The van der Waals surface area contributed by atoms with E-state index in [0.29, 0.717) is 36.8 Å². The third-order valence-corrected chi connectivity index (χ3v) is 2.74. The smallest absolute Gasteiger partial charge is 0.314 e. The molecule has 110 valence electrons. The zero-order valence-electron chi connectivity index (χ0n) is 11.2. The van der Waals surface area contributed by atoms with Crippen LogP contribution in [0.4, 0.5) is 4.79 Å². The number of hydrogen-bond acceptors (Lipinski definition) is 3. The average Bonchev–Trinajstić information content (AvgIpc) is 2.44. The van der Waals surface area contributed by atoms with E-state index in [4.69, 9.17) is 16.3 Å². The van der Waals surface area contributed by atoms with Crippen LogP contribution in [0.25, 0.3) is 0 Å². The van der Waals surface area contributed by atoms with Gasteiger partial charge in [0.1, 0.15) is 0 Å². The van der Waals surface area contributed by atoms with Crippen molar-refractivity contribution < 1.29 is 14.3 Å². The Bertz CT molecular complexity index is 454. The van der Waals surface area contributed by atoms with E-state index in [-0.39, 0.29) is 11.9 Å². The van der Waals surface area contributed by atoms with Crippen molar-refractivity contribution in [1.82, 2.24) is 16.0 Å². The minimum atomic E-state index is -0.297. The molecule has 7 heteroatoms. The zero-order chi connectivity index (χ0) is 14.8. The number of nitrogens with one attached hydrogen (secondary N) is 3. The van der Waals surface area contributed by atoms with Gasteiger partial charge in [-0.15, -0.1) is 0 Å². The van der Waals surface area contributed by atoms with Crippen LogP contribution in [0, 0.1) is 0 Å². The summed E-state index contributed by atoms with van der Waals surface area (Å²) in [4.78, 5) is 23.1. The number of urea groups is 1. The monoisotopic (exact) mass is 299 g/mol. The lowest BCUT2D eigenvalue weighted by molar-refractivity contribution is 0.0954. The van der Waals surface area contributed by atoms with Gasteiger partial charge in [-0.1, -0.05) is 23.7 Å². The number of carbonyl (C=O) groups excluding carboxylic acids is 2. The molecule has 0 aliphatic rings. The summed E-state index contributed by atoms with van der Waals surface area (Å²) in [6.45, 7) is 1.54. The molecule has 0 fully saturated rings. The van der Waals surface area contributed by atoms with Crippen LogP contribution in [0.2, 0.25) is 5.02 Å². The van der Waals surface area contributed by atoms with Gasteiger partial charge in [0, 0.05) is 26.7 Å². The van der Waals surface area contributed by atoms with Crippen molar-refractivity contribution in [2.75, 3.05) is 33.4 Å². The summed E-state index contributed by atoms with van der Waals surface area (Å²) in [5.41, 5.74) is 0.415. The lowest BCUT2D eigenvalue weighted by atomic mass is 10.2. The van der Waals surface area contributed by atoms with E-state index in [1.807, 2.05) is 0 Å². The Kier molecular flexibility index (Phi) is 7.46. The van der Waals surface area contributed by atoms with Crippen molar-refractivity contribution in [2.45, 2.75) is 0 Å². The Morgan fingerprint density at radius 1 is 1.10 bits per heavy atom. The molecule has 1 aromatic rings. The lowest BCUT2D eigenvalue weighted by Gasteiger charge is -2.09. The molecule has 20 heavy (non-hydrogen) atoms. The number of amides is 3. The first kappa shape index (κ1) is 16.3. The Hall–Kier alpha value is -1.79. The van der Waals surface area contributed by atoms with Gasteiger partial charge in [0.2, 0.25) is 0 Å². The number of ether oxygens (including phenoxy) is 1. The second-order valence-corrected chi connectivity index (χ2v) is 4.32. The number of halogens is 1. The summed E-state index contributed by atoms with van der Waals surface area (Å²) in [5.74, 6) is -0.266. The SMILES string of the molecule is COCCNC(=O)NCCNC(=O)c1ccccc1Cl. The number of benzene rings is 1. The van der Waals surface area contributed by atoms with Crippen molar-refractivity contribution in [3.05, 3.63) is 34.9 Å². The van der Waals surface area contributed by atoms with Crippen LogP contribution in [0.15, 0.2) is 24.3 Å². The van der Waals surface area contributed by atoms with Crippen molar-refractivity contribution in [2.24, 2.45) is 0 Å². The molecule has 1 rings (SSSR count). The van der Waals surface area contributed by atoms with Crippen LogP contribution in [0.5, 0.6) is 0 Å². The first-order valence-electron chi connectivity index (χ1n) is 6.18. The Labute approximate surface area is 122 Å². The third-order valence-electron chi connectivity index (χ3n) is 2.41. The summed E-state index contributed by atoms with van der Waals surface area (Å²) < 4.78 is 4.80. The van der Waals surface area contributed by atoms with Gasteiger partial charge < -0.3 is 20.7 Å². The van der Waals surface area contributed by atoms with Crippen molar-refractivity contribution in [1.29, 1.82) is 0 Å². The van der Waals surface area contributed by atoms with Crippen LogP contribution in [0.3, 0.4) is 0 Å². The summed E-state index contributed by atoms with van der Waals surface area (Å²) in [6, 6.07) is 6.49. The Balaban J connectivity index is 2.20. The number of rotatable bonds is 7. The van der Waals surface area contributed by atoms with Gasteiger partial charge in [0.25, 0.3) is 5.91 Å². The van der Waals surface area contributed by atoms with Crippen LogP contribution >= 0.6 is 11.6 Å². The highest BCUT2D eigenvalue weighted by atomic mass is 35.5. The topological polar surface area (TPSA) is 79.5 Å². The molecule has 0 heterocycles. The zero-order valence-corrected chi connectivity index (χ0v) is 12.0. The molecule has 1 aromatic carbocycles. The van der Waals surface area contributed by atoms with E-state index in [0.717, 1.165) is 0 Å². The van der Waals surface area contributed by atoms with Gasteiger partial charge >= 0.3 is 6.03 Å². The molecule has 0 spiro atoms. The maximum Gasteiger partial charge on any atom is 0.314 e. The van der Waals surface area contributed by atoms with Crippen molar-refractivity contribution in [3.63, 3.8) is 0 Å². The Morgan fingerprint density at radius 2 is 1.75 bits per heavy atom. The van der Waals surface area contributed by atoms with Crippen LogP contribution in [0.1, 0.15) is 10.4 Å². The molecule has 0 bridgehead atoms. The van der Waals surface area contributed by atoms with E-state index in [2.05, 4.69) is 16.0 Å². The highest BCUT2D eigenvalue weighted by molar-refractivity contribution is 6.33. The summed E-state index contributed by atoms with van der Waals surface area (Å²) >= 11 is 5.90. The molecule has 3 amide bonds. The fourth-order valence-corrected chi connectivity index (χ4v) is 1.64. The Morgan fingerprint density at radius 3 is 2.45 bits per heavy atom. The molecule has 0 atom stereocenters. The normalized spacial score (nSPS) is 9.90. The maximum absolute atomic E-state index is 11.8. The van der Waals surface area contributed by atoms with E-state index in [9.17, 15) is 9.59 Å². The fraction of sp³-hybridized carbons (Fsp3) is 0.385. The molecular weight excluding hydrogens is 282 g/mol. The fourth-order valence-electron chi connectivity index (χ4n) is 1.42. The molecule has 0 aliphatic heterocycles. The molecular formula is C13H18ClN3O3. The molecule has 0 saturated carbocycles. The van der Waals surface area contributed by atoms with E-state index < -0.39 is 0 Å². The van der Waals surface area contributed by atoms with Gasteiger partial charge in [-0.25, -0.2) is 4.79 Å². The quantitative estimate of drug-likeness (QED) is 0.658. The van der Waals surface area contributed by atoms with Crippen molar-refractivity contribution in [3.8, 4) is 0 Å². The van der Waals surface area contributed by atoms with Gasteiger partial charge in [-0.2, -0.15) is 0 Å². The predicted molar refractivity (Wildman–Crippen MR) is 77.1 cm³/mol. The largest absolute Gasteiger partial charge is 0.383 e. The summed E-state index contributed by atoms with van der Waals surface area (Å²) in [7, 11) is 1.56. The first-order valence-corrected chi connectivity index (χ1v) is 6.56. The van der Waals surface area contributed by atoms with Gasteiger partial charge in [0.05, 0.1) is 17.2 Å². The number of hydrogen-bond donors (Lipinski definition) is 3. The van der Waals surface area contributed by atoms with Crippen LogP contribution < -0.4 is 16.0 Å². The second kappa shape index (κ2) is 9.17. The molecule has 0 radical (unpaired) electrons. The van der Waals surface area contributed by atoms with E-state index >= 15 is 0 Å². The highest BCUT2D eigenvalue weighted by Crippen LogP contribution is 2.14. The predicted octanol–water partition coefficient (Wildman–Crippen LogP) is 1.02. The molecule has 0 saturated heterocycles. The van der Waals surface area contributed by atoms with E-state index in [1.165, 1.54) is 0 Å². The van der Waals surface area contributed by atoms with Crippen molar-refractivity contribution >= 4 is 23.5 Å². The molecule has 6 nitrogen and oxygen atoms in total. The van der Waals surface area contributed by atoms with Crippen LogP contribution in [-0.4, -0.2) is 45.3 Å². The third kappa shape index (κ3) is 5.90. The summed E-state index contributed by atoms with van der Waals surface area (Å²) in [5, 5.41) is 8.28. The number of carbonyl (C=O) groups is 2. The minimum absolute atomic E-state index is 0.266. The molecule has 0 aliphatic carbocycles.